The summed E-state index contributed by atoms with van der Waals surface area (Å²) < 4.78 is 23.4. The number of carbonyl (C=O) groups excluding carboxylic acids is 1. The van der Waals surface area contributed by atoms with Gasteiger partial charge >= 0.3 is 0 Å². The molecular weight excluding hydrogens is 276 g/mol. The molecule has 0 aromatic heterocycles. The van der Waals surface area contributed by atoms with Crippen LogP contribution < -0.4 is 10.6 Å². The lowest BCUT2D eigenvalue weighted by Gasteiger charge is -2.36. The summed E-state index contributed by atoms with van der Waals surface area (Å²) in [6, 6.07) is 0. The lowest BCUT2D eigenvalue weighted by Crippen LogP contribution is -2.49. The maximum absolute atomic E-state index is 12.1. The minimum Gasteiger partial charge on any atom is -0.355 e. The van der Waals surface area contributed by atoms with Crippen LogP contribution in [0.4, 0.5) is 0 Å². The van der Waals surface area contributed by atoms with Gasteiger partial charge in [-0.3, -0.25) is 4.79 Å². The Kier molecular flexibility index (Phi) is 5.07. The molecule has 1 aliphatic carbocycles. The topological polar surface area (TPSA) is 75.3 Å². The van der Waals surface area contributed by atoms with Crippen LogP contribution in [-0.2, 0) is 14.6 Å². The van der Waals surface area contributed by atoms with Crippen molar-refractivity contribution in [1.82, 2.24) is 10.6 Å². The molecule has 2 N–H and O–H groups in total. The van der Waals surface area contributed by atoms with Crippen molar-refractivity contribution in [2.24, 2.45) is 0 Å². The van der Waals surface area contributed by atoms with E-state index in [2.05, 4.69) is 10.6 Å². The highest BCUT2D eigenvalue weighted by atomic mass is 32.2. The molecule has 2 rings (SSSR count). The van der Waals surface area contributed by atoms with Crippen LogP contribution in [0.15, 0.2) is 0 Å². The minimum atomic E-state index is -2.97. The maximum atomic E-state index is 12.1. The van der Waals surface area contributed by atoms with E-state index in [4.69, 9.17) is 0 Å². The van der Waals surface area contributed by atoms with Gasteiger partial charge in [0.05, 0.1) is 11.0 Å². The molecule has 1 unspecified atom stereocenters. The molecule has 0 bridgehead atoms. The van der Waals surface area contributed by atoms with E-state index in [0.717, 1.165) is 32.1 Å². The highest BCUT2D eigenvalue weighted by Gasteiger charge is 2.34. The smallest absolute Gasteiger partial charge is 0.221 e. The van der Waals surface area contributed by atoms with Crippen LogP contribution in [0.2, 0.25) is 0 Å². The summed E-state index contributed by atoms with van der Waals surface area (Å²) in [5, 5.41) is 5.77. The third-order valence-corrected chi connectivity index (χ3v) is 7.11. The Hall–Kier alpha value is -0.620. The molecule has 5 nitrogen and oxygen atoms in total. The molecule has 1 atom stereocenters. The molecule has 6 heteroatoms. The predicted octanol–water partition coefficient (Wildman–Crippen LogP) is 0.992. The van der Waals surface area contributed by atoms with Crippen molar-refractivity contribution in [1.29, 1.82) is 0 Å². The monoisotopic (exact) mass is 302 g/mol. The van der Waals surface area contributed by atoms with Crippen molar-refractivity contribution in [2.45, 2.75) is 62.2 Å². The van der Waals surface area contributed by atoms with E-state index in [0.29, 0.717) is 12.8 Å². The number of amides is 1. The molecule has 116 valence electrons. The van der Waals surface area contributed by atoms with Gasteiger partial charge in [0.1, 0.15) is 0 Å². The Balaban J connectivity index is 1.83. The average molecular weight is 302 g/mol. The van der Waals surface area contributed by atoms with Crippen LogP contribution in [-0.4, -0.2) is 44.5 Å². The first kappa shape index (κ1) is 15.8. The Labute approximate surface area is 121 Å². The Morgan fingerprint density at radius 3 is 2.45 bits per heavy atom. The summed E-state index contributed by atoms with van der Waals surface area (Å²) in [5.41, 5.74) is -0.0864. The number of hydrogen-bond acceptors (Lipinski definition) is 4. The van der Waals surface area contributed by atoms with Crippen LogP contribution >= 0.6 is 0 Å². The molecular formula is C14H26N2O3S. The van der Waals surface area contributed by atoms with Crippen LogP contribution in [0.3, 0.4) is 0 Å². The zero-order chi connectivity index (χ0) is 14.6. The zero-order valence-corrected chi connectivity index (χ0v) is 13.1. The van der Waals surface area contributed by atoms with Crippen LogP contribution in [0.5, 0.6) is 0 Å². The van der Waals surface area contributed by atoms with Gasteiger partial charge in [-0.1, -0.05) is 19.3 Å². The Morgan fingerprint density at radius 2 is 1.90 bits per heavy atom. The van der Waals surface area contributed by atoms with Gasteiger partial charge in [0.15, 0.2) is 9.84 Å². The molecule has 2 fully saturated rings. The van der Waals surface area contributed by atoms with Gasteiger partial charge in [-0.2, -0.15) is 0 Å². The molecule has 0 spiro atoms. The molecule has 0 aromatic carbocycles. The van der Waals surface area contributed by atoms with Crippen molar-refractivity contribution in [3.8, 4) is 0 Å². The van der Waals surface area contributed by atoms with Gasteiger partial charge in [-0.05, 0) is 32.7 Å². The first-order chi connectivity index (χ1) is 9.47. The van der Waals surface area contributed by atoms with E-state index in [9.17, 15) is 13.2 Å². The fourth-order valence-electron chi connectivity index (χ4n) is 3.43. The van der Waals surface area contributed by atoms with E-state index < -0.39 is 9.84 Å². The second kappa shape index (κ2) is 6.43. The van der Waals surface area contributed by atoms with Gasteiger partial charge in [-0.15, -0.1) is 0 Å². The largest absolute Gasteiger partial charge is 0.355 e. The zero-order valence-electron chi connectivity index (χ0n) is 12.3. The predicted molar refractivity (Wildman–Crippen MR) is 79.3 cm³/mol. The molecule has 1 saturated carbocycles. The van der Waals surface area contributed by atoms with E-state index in [1.807, 2.05) is 7.05 Å². The number of sulfone groups is 1. The standard InChI is InChI=1S/C14H26N2O3S/c1-15-14(7-3-2-4-8-14)10-13(17)16-11-12-6-5-9-20(12,18)19/h12,15H,2-11H2,1H3,(H,16,17). The summed E-state index contributed by atoms with van der Waals surface area (Å²) in [6.45, 7) is 0.279. The fraction of sp³-hybridized carbons (Fsp3) is 0.929. The summed E-state index contributed by atoms with van der Waals surface area (Å²) in [7, 11) is -1.05. The van der Waals surface area contributed by atoms with Crippen LogP contribution in [0.25, 0.3) is 0 Å². The van der Waals surface area contributed by atoms with Gasteiger partial charge in [0, 0.05) is 18.5 Å². The lowest BCUT2D eigenvalue weighted by atomic mass is 9.79. The second-order valence-electron chi connectivity index (χ2n) is 6.20. The van der Waals surface area contributed by atoms with E-state index >= 15 is 0 Å². The highest BCUT2D eigenvalue weighted by molar-refractivity contribution is 7.92. The van der Waals surface area contributed by atoms with Gasteiger partial charge in [-0.25, -0.2) is 8.42 Å². The molecule has 0 aromatic rings. The normalized spacial score (nSPS) is 28.1. The third-order valence-electron chi connectivity index (χ3n) is 4.83. The quantitative estimate of drug-likeness (QED) is 0.794. The molecule has 20 heavy (non-hydrogen) atoms. The van der Waals surface area contributed by atoms with Crippen molar-refractivity contribution in [3.05, 3.63) is 0 Å². The summed E-state index contributed by atoms with van der Waals surface area (Å²) in [6.07, 6.45) is 7.47. The molecule has 2 aliphatic rings. The van der Waals surface area contributed by atoms with E-state index in [1.54, 1.807) is 0 Å². The number of rotatable bonds is 5. The van der Waals surface area contributed by atoms with Crippen molar-refractivity contribution in [2.75, 3.05) is 19.3 Å². The third kappa shape index (κ3) is 3.73. The van der Waals surface area contributed by atoms with Gasteiger partial charge in [0.2, 0.25) is 5.91 Å². The van der Waals surface area contributed by atoms with Gasteiger partial charge in [0.25, 0.3) is 0 Å². The highest BCUT2D eigenvalue weighted by Crippen LogP contribution is 2.30. The first-order valence-corrected chi connectivity index (χ1v) is 9.36. The molecule has 1 amide bonds. The number of nitrogens with one attached hydrogen (secondary N) is 2. The number of carbonyl (C=O) groups is 1. The summed E-state index contributed by atoms with van der Waals surface area (Å²) >= 11 is 0. The fourth-order valence-corrected chi connectivity index (χ4v) is 5.19. The maximum Gasteiger partial charge on any atom is 0.221 e. The summed E-state index contributed by atoms with van der Waals surface area (Å²) in [4.78, 5) is 12.1. The Bertz CT molecular complexity index is 441. The average Bonchev–Trinajstić information content (AvgIpc) is 2.76. The van der Waals surface area contributed by atoms with Crippen molar-refractivity contribution >= 4 is 15.7 Å². The first-order valence-electron chi connectivity index (χ1n) is 7.65. The van der Waals surface area contributed by atoms with Crippen LogP contribution in [0, 0.1) is 0 Å². The molecule has 1 saturated heterocycles. The van der Waals surface area contributed by atoms with Crippen molar-refractivity contribution < 1.29 is 13.2 Å². The summed E-state index contributed by atoms with van der Waals surface area (Å²) in [5.74, 6) is 0.247. The van der Waals surface area contributed by atoms with E-state index in [1.165, 1.54) is 6.42 Å². The Morgan fingerprint density at radius 1 is 1.20 bits per heavy atom. The number of hydrogen-bond donors (Lipinski definition) is 2. The minimum absolute atomic E-state index is 0.0247. The van der Waals surface area contributed by atoms with Gasteiger partial charge < -0.3 is 10.6 Å². The van der Waals surface area contributed by atoms with Crippen LogP contribution in [0.1, 0.15) is 51.4 Å². The molecule has 1 aliphatic heterocycles. The second-order valence-corrected chi connectivity index (χ2v) is 8.60. The molecule has 0 radical (unpaired) electrons. The lowest BCUT2D eigenvalue weighted by molar-refractivity contribution is -0.122. The SMILES string of the molecule is CNC1(CC(=O)NCC2CCCS2(=O)=O)CCCCC1. The molecule has 1 heterocycles. The van der Waals surface area contributed by atoms with E-state index in [-0.39, 0.29) is 29.0 Å². The van der Waals surface area contributed by atoms with Crippen molar-refractivity contribution in [3.63, 3.8) is 0 Å².